The number of nitrogens with one attached hydrogen (secondary N) is 1. The van der Waals surface area contributed by atoms with Crippen molar-refractivity contribution in [2.75, 3.05) is 19.6 Å². The third-order valence-electron chi connectivity index (χ3n) is 4.11. The Morgan fingerprint density at radius 3 is 2.13 bits per heavy atom. The first-order valence-corrected chi connectivity index (χ1v) is 7.95. The standard InChI is InChI=1S/C19H20N2O2/c22-18(21-12-4-5-13-21)14-20-19(23)17-10-8-16(9-11-17)15-6-2-1-3-7-15/h1-3,6-11H,4-5,12-14H2,(H,20,23). The first-order chi connectivity index (χ1) is 11.2. The molecule has 1 saturated heterocycles. The van der Waals surface area contributed by atoms with Crippen molar-refractivity contribution in [2.24, 2.45) is 0 Å². The summed E-state index contributed by atoms with van der Waals surface area (Å²) in [6.45, 7) is 1.68. The summed E-state index contributed by atoms with van der Waals surface area (Å²) in [5.74, 6) is -0.214. The van der Waals surface area contributed by atoms with Crippen LogP contribution in [-0.4, -0.2) is 36.3 Å². The van der Waals surface area contributed by atoms with Gasteiger partial charge in [0.15, 0.2) is 0 Å². The molecule has 0 atom stereocenters. The van der Waals surface area contributed by atoms with Crippen molar-refractivity contribution >= 4 is 11.8 Å². The summed E-state index contributed by atoms with van der Waals surface area (Å²) < 4.78 is 0. The molecule has 0 aromatic heterocycles. The number of hydrogen-bond donors (Lipinski definition) is 1. The second kappa shape index (κ2) is 7.09. The van der Waals surface area contributed by atoms with Crippen molar-refractivity contribution in [1.29, 1.82) is 0 Å². The van der Waals surface area contributed by atoms with Gasteiger partial charge in [0.1, 0.15) is 0 Å². The molecule has 1 fully saturated rings. The third kappa shape index (κ3) is 3.77. The van der Waals surface area contributed by atoms with Crippen LogP contribution in [0.5, 0.6) is 0 Å². The topological polar surface area (TPSA) is 49.4 Å². The van der Waals surface area contributed by atoms with E-state index in [9.17, 15) is 9.59 Å². The quantitative estimate of drug-likeness (QED) is 0.944. The number of hydrogen-bond acceptors (Lipinski definition) is 2. The van der Waals surface area contributed by atoms with Gasteiger partial charge in [-0.25, -0.2) is 0 Å². The van der Waals surface area contributed by atoms with Gasteiger partial charge in [0.25, 0.3) is 5.91 Å². The summed E-state index contributed by atoms with van der Waals surface area (Å²) in [5.41, 5.74) is 2.75. The molecule has 2 amide bonds. The lowest BCUT2D eigenvalue weighted by Crippen LogP contribution is -2.38. The van der Waals surface area contributed by atoms with Crippen LogP contribution in [0.2, 0.25) is 0 Å². The van der Waals surface area contributed by atoms with E-state index in [-0.39, 0.29) is 18.4 Å². The number of carbonyl (C=O) groups excluding carboxylic acids is 2. The maximum Gasteiger partial charge on any atom is 0.251 e. The summed E-state index contributed by atoms with van der Waals surface area (Å²) >= 11 is 0. The lowest BCUT2D eigenvalue weighted by Gasteiger charge is -2.15. The number of amides is 2. The molecular formula is C19H20N2O2. The van der Waals surface area contributed by atoms with Crippen LogP contribution < -0.4 is 5.32 Å². The smallest absolute Gasteiger partial charge is 0.251 e. The highest BCUT2D eigenvalue weighted by Gasteiger charge is 2.18. The summed E-state index contributed by atoms with van der Waals surface area (Å²) in [4.78, 5) is 25.9. The molecule has 0 aliphatic carbocycles. The zero-order valence-corrected chi connectivity index (χ0v) is 13.0. The van der Waals surface area contributed by atoms with E-state index in [0.717, 1.165) is 37.1 Å². The minimum atomic E-state index is -0.211. The first-order valence-electron chi connectivity index (χ1n) is 7.95. The van der Waals surface area contributed by atoms with Crippen LogP contribution in [0.3, 0.4) is 0 Å². The zero-order valence-electron chi connectivity index (χ0n) is 13.0. The van der Waals surface area contributed by atoms with Crippen LogP contribution >= 0.6 is 0 Å². The number of likely N-dealkylation sites (tertiary alicyclic amines) is 1. The van der Waals surface area contributed by atoms with Gasteiger partial charge in [-0.05, 0) is 36.1 Å². The average Bonchev–Trinajstić information content (AvgIpc) is 3.15. The van der Waals surface area contributed by atoms with Crippen LogP contribution in [0.4, 0.5) is 0 Å². The Bertz CT molecular complexity index is 674. The zero-order chi connectivity index (χ0) is 16.1. The highest BCUT2D eigenvalue weighted by molar-refractivity contribution is 5.96. The minimum Gasteiger partial charge on any atom is -0.343 e. The number of nitrogens with zero attached hydrogens (tertiary/aromatic N) is 1. The van der Waals surface area contributed by atoms with E-state index >= 15 is 0 Å². The summed E-state index contributed by atoms with van der Waals surface area (Å²) in [7, 11) is 0. The lowest BCUT2D eigenvalue weighted by molar-refractivity contribution is -0.129. The minimum absolute atomic E-state index is 0.00300. The maximum absolute atomic E-state index is 12.1. The first kappa shape index (κ1) is 15.3. The molecular weight excluding hydrogens is 288 g/mol. The predicted molar refractivity (Wildman–Crippen MR) is 90.0 cm³/mol. The monoisotopic (exact) mass is 308 g/mol. The van der Waals surface area contributed by atoms with Crippen LogP contribution in [0.15, 0.2) is 54.6 Å². The Kier molecular flexibility index (Phi) is 4.71. The van der Waals surface area contributed by atoms with Crippen molar-refractivity contribution in [2.45, 2.75) is 12.8 Å². The van der Waals surface area contributed by atoms with Gasteiger partial charge in [0, 0.05) is 18.7 Å². The Labute approximate surface area is 136 Å². The largest absolute Gasteiger partial charge is 0.343 e. The number of carbonyl (C=O) groups is 2. The van der Waals surface area contributed by atoms with E-state index in [1.165, 1.54) is 0 Å². The third-order valence-corrected chi connectivity index (χ3v) is 4.11. The van der Waals surface area contributed by atoms with Crippen LogP contribution in [0.25, 0.3) is 11.1 Å². The number of rotatable bonds is 4. The Balaban J connectivity index is 1.58. The van der Waals surface area contributed by atoms with Crippen LogP contribution in [0.1, 0.15) is 23.2 Å². The van der Waals surface area contributed by atoms with Crippen molar-refractivity contribution in [1.82, 2.24) is 10.2 Å². The average molecular weight is 308 g/mol. The van der Waals surface area contributed by atoms with Gasteiger partial charge in [0.05, 0.1) is 6.54 Å². The fourth-order valence-corrected chi connectivity index (χ4v) is 2.78. The normalized spacial score (nSPS) is 13.8. The van der Waals surface area contributed by atoms with E-state index in [4.69, 9.17) is 0 Å². The van der Waals surface area contributed by atoms with E-state index < -0.39 is 0 Å². The fraction of sp³-hybridized carbons (Fsp3) is 0.263. The molecule has 0 unspecified atom stereocenters. The molecule has 2 aromatic carbocycles. The molecule has 0 spiro atoms. The molecule has 1 aliphatic heterocycles. The number of benzene rings is 2. The van der Waals surface area contributed by atoms with E-state index in [2.05, 4.69) is 5.32 Å². The molecule has 4 nitrogen and oxygen atoms in total. The molecule has 1 aliphatic rings. The van der Waals surface area contributed by atoms with Crippen LogP contribution in [-0.2, 0) is 4.79 Å². The van der Waals surface area contributed by atoms with Crippen molar-refractivity contribution < 1.29 is 9.59 Å². The Morgan fingerprint density at radius 1 is 0.870 bits per heavy atom. The molecule has 2 aromatic rings. The lowest BCUT2D eigenvalue weighted by atomic mass is 10.0. The van der Waals surface area contributed by atoms with Crippen molar-refractivity contribution in [3.05, 3.63) is 60.2 Å². The van der Waals surface area contributed by atoms with Gasteiger partial charge in [-0.2, -0.15) is 0 Å². The summed E-state index contributed by atoms with van der Waals surface area (Å²) in [6.07, 6.45) is 2.11. The maximum atomic E-state index is 12.1. The molecule has 0 saturated carbocycles. The highest BCUT2D eigenvalue weighted by atomic mass is 16.2. The fourth-order valence-electron chi connectivity index (χ4n) is 2.78. The van der Waals surface area contributed by atoms with Gasteiger partial charge in [0.2, 0.25) is 5.91 Å². The summed E-state index contributed by atoms with van der Waals surface area (Å²) in [6, 6.07) is 17.4. The molecule has 0 radical (unpaired) electrons. The summed E-state index contributed by atoms with van der Waals surface area (Å²) in [5, 5.41) is 2.70. The molecule has 118 valence electrons. The molecule has 3 rings (SSSR count). The molecule has 0 bridgehead atoms. The predicted octanol–water partition coefficient (Wildman–Crippen LogP) is 2.71. The SMILES string of the molecule is O=C(NCC(=O)N1CCCC1)c1ccc(-c2ccccc2)cc1. The Hall–Kier alpha value is -2.62. The molecule has 1 N–H and O–H groups in total. The Morgan fingerprint density at radius 2 is 1.48 bits per heavy atom. The van der Waals surface area contributed by atoms with Gasteiger partial charge >= 0.3 is 0 Å². The molecule has 23 heavy (non-hydrogen) atoms. The van der Waals surface area contributed by atoms with Gasteiger partial charge in [-0.15, -0.1) is 0 Å². The van der Waals surface area contributed by atoms with E-state index in [1.807, 2.05) is 42.5 Å². The second-order valence-electron chi connectivity index (χ2n) is 5.71. The highest BCUT2D eigenvalue weighted by Crippen LogP contribution is 2.19. The van der Waals surface area contributed by atoms with Crippen LogP contribution in [0, 0.1) is 0 Å². The molecule has 4 heteroatoms. The van der Waals surface area contributed by atoms with Crippen molar-refractivity contribution in [3.8, 4) is 11.1 Å². The van der Waals surface area contributed by atoms with Gasteiger partial charge in [-0.3, -0.25) is 9.59 Å². The van der Waals surface area contributed by atoms with E-state index in [0.29, 0.717) is 5.56 Å². The second-order valence-corrected chi connectivity index (χ2v) is 5.71. The van der Waals surface area contributed by atoms with Crippen molar-refractivity contribution in [3.63, 3.8) is 0 Å². The van der Waals surface area contributed by atoms with E-state index in [1.54, 1.807) is 17.0 Å². The van der Waals surface area contributed by atoms with Gasteiger partial charge < -0.3 is 10.2 Å². The molecule has 1 heterocycles. The van der Waals surface area contributed by atoms with Gasteiger partial charge in [-0.1, -0.05) is 42.5 Å².